The van der Waals surface area contributed by atoms with E-state index in [-0.39, 0.29) is 12.1 Å². The third-order valence-corrected chi connectivity index (χ3v) is 3.73. The normalized spacial score (nSPS) is 14.8. The first-order valence-corrected chi connectivity index (χ1v) is 7.56. The molecule has 3 rings (SSSR count). The third-order valence-electron chi connectivity index (χ3n) is 3.73. The highest BCUT2D eigenvalue weighted by molar-refractivity contribution is 5.74. The summed E-state index contributed by atoms with van der Waals surface area (Å²) in [4.78, 5) is 24.5. The van der Waals surface area contributed by atoms with Crippen molar-refractivity contribution >= 4 is 6.03 Å². The van der Waals surface area contributed by atoms with Gasteiger partial charge >= 0.3 is 6.03 Å². The van der Waals surface area contributed by atoms with Gasteiger partial charge in [-0.15, -0.1) is 0 Å². The number of methoxy groups -OCH3 is 1. The zero-order valence-electron chi connectivity index (χ0n) is 12.9. The standard InChI is InChI=1S/C16H19N5O2/c1-23-14-6-5-12(9-19-14)15(11-3-4-11)21-16(22)20-10-13-17-7-2-8-18-13/h2,5-9,11,15H,3-4,10H2,1H3,(H2,20,21,22). The minimum Gasteiger partial charge on any atom is -0.481 e. The predicted octanol–water partition coefficient (Wildman–Crippen LogP) is 1.83. The Morgan fingerprint density at radius 1 is 1.30 bits per heavy atom. The Bertz CT molecular complexity index is 643. The van der Waals surface area contributed by atoms with Crippen LogP contribution in [0.3, 0.4) is 0 Å². The molecule has 7 heteroatoms. The first kappa shape index (κ1) is 15.2. The molecule has 1 aliphatic rings. The number of ether oxygens (including phenoxy) is 1. The van der Waals surface area contributed by atoms with Crippen molar-refractivity contribution in [1.29, 1.82) is 0 Å². The van der Waals surface area contributed by atoms with Crippen molar-refractivity contribution < 1.29 is 9.53 Å². The highest BCUT2D eigenvalue weighted by Crippen LogP contribution is 2.40. The minimum absolute atomic E-state index is 0.0369. The minimum atomic E-state index is -0.231. The van der Waals surface area contributed by atoms with Crippen LogP contribution in [-0.4, -0.2) is 28.1 Å². The number of hydrogen-bond acceptors (Lipinski definition) is 5. The molecule has 1 aliphatic carbocycles. The molecule has 1 fully saturated rings. The summed E-state index contributed by atoms with van der Waals surface area (Å²) >= 11 is 0. The lowest BCUT2D eigenvalue weighted by Crippen LogP contribution is -2.38. The predicted molar refractivity (Wildman–Crippen MR) is 83.7 cm³/mol. The number of carbonyl (C=O) groups excluding carboxylic acids is 1. The van der Waals surface area contributed by atoms with Crippen LogP contribution in [0.15, 0.2) is 36.8 Å². The van der Waals surface area contributed by atoms with E-state index in [0.29, 0.717) is 24.2 Å². The van der Waals surface area contributed by atoms with Crippen LogP contribution in [0.4, 0.5) is 4.79 Å². The number of pyridine rings is 1. The summed E-state index contributed by atoms with van der Waals surface area (Å²) in [5.41, 5.74) is 0.986. The second-order valence-corrected chi connectivity index (χ2v) is 5.44. The van der Waals surface area contributed by atoms with Gasteiger partial charge in [0.2, 0.25) is 5.88 Å². The van der Waals surface area contributed by atoms with Crippen molar-refractivity contribution in [3.63, 3.8) is 0 Å². The molecule has 1 atom stereocenters. The first-order chi connectivity index (χ1) is 11.3. The van der Waals surface area contributed by atoms with Gasteiger partial charge in [0, 0.05) is 24.7 Å². The molecular formula is C16H19N5O2. The highest BCUT2D eigenvalue weighted by Gasteiger charge is 2.33. The Morgan fingerprint density at radius 2 is 2.09 bits per heavy atom. The van der Waals surface area contributed by atoms with Gasteiger partial charge in [0.1, 0.15) is 5.82 Å². The molecule has 0 aliphatic heterocycles. The molecule has 0 saturated heterocycles. The van der Waals surface area contributed by atoms with Crippen LogP contribution in [0.5, 0.6) is 5.88 Å². The van der Waals surface area contributed by atoms with Crippen molar-refractivity contribution in [2.75, 3.05) is 7.11 Å². The highest BCUT2D eigenvalue weighted by atomic mass is 16.5. The van der Waals surface area contributed by atoms with Crippen molar-refractivity contribution in [2.45, 2.75) is 25.4 Å². The fraction of sp³-hybridized carbons (Fsp3) is 0.375. The molecule has 2 heterocycles. The lowest BCUT2D eigenvalue weighted by Gasteiger charge is -2.19. The SMILES string of the molecule is COc1ccc(C(NC(=O)NCc2ncccn2)C2CC2)cn1. The first-order valence-electron chi connectivity index (χ1n) is 7.56. The molecule has 0 aromatic carbocycles. The van der Waals surface area contributed by atoms with E-state index in [9.17, 15) is 4.79 Å². The molecule has 0 bridgehead atoms. The average Bonchev–Trinajstić information content (AvgIpc) is 3.44. The molecule has 2 aromatic heterocycles. The molecule has 1 saturated carbocycles. The molecule has 2 aromatic rings. The van der Waals surface area contributed by atoms with Gasteiger partial charge in [-0.1, -0.05) is 6.07 Å². The third kappa shape index (κ3) is 4.15. The van der Waals surface area contributed by atoms with Gasteiger partial charge in [-0.3, -0.25) is 0 Å². The van der Waals surface area contributed by atoms with E-state index < -0.39 is 0 Å². The van der Waals surface area contributed by atoms with Crippen molar-refractivity contribution in [3.8, 4) is 5.88 Å². The Balaban J connectivity index is 1.59. The van der Waals surface area contributed by atoms with Crippen LogP contribution in [0.1, 0.15) is 30.3 Å². The van der Waals surface area contributed by atoms with Crippen LogP contribution in [0.25, 0.3) is 0 Å². The summed E-state index contributed by atoms with van der Waals surface area (Å²) < 4.78 is 5.07. The molecule has 120 valence electrons. The number of amides is 2. The topological polar surface area (TPSA) is 89.0 Å². The van der Waals surface area contributed by atoms with Gasteiger partial charge in [0.25, 0.3) is 0 Å². The Labute approximate surface area is 134 Å². The van der Waals surface area contributed by atoms with Crippen LogP contribution in [-0.2, 0) is 6.54 Å². The molecule has 7 nitrogen and oxygen atoms in total. The van der Waals surface area contributed by atoms with Crippen LogP contribution in [0, 0.1) is 5.92 Å². The maximum Gasteiger partial charge on any atom is 0.315 e. The summed E-state index contributed by atoms with van der Waals surface area (Å²) in [6.07, 6.45) is 7.27. The number of aromatic nitrogens is 3. The van der Waals surface area contributed by atoms with Gasteiger partial charge in [0.15, 0.2) is 0 Å². The number of rotatable bonds is 6. The quantitative estimate of drug-likeness (QED) is 0.849. The Kier molecular flexibility index (Phi) is 4.65. The fourth-order valence-corrected chi connectivity index (χ4v) is 2.37. The van der Waals surface area contributed by atoms with Gasteiger partial charge in [0.05, 0.1) is 19.7 Å². The molecule has 2 N–H and O–H groups in total. The molecule has 0 radical (unpaired) electrons. The van der Waals surface area contributed by atoms with E-state index in [2.05, 4.69) is 25.6 Å². The van der Waals surface area contributed by atoms with Crippen molar-refractivity contribution in [1.82, 2.24) is 25.6 Å². The lowest BCUT2D eigenvalue weighted by molar-refractivity contribution is 0.235. The number of hydrogen-bond donors (Lipinski definition) is 2. The van der Waals surface area contributed by atoms with Gasteiger partial charge in [-0.25, -0.2) is 19.7 Å². The van der Waals surface area contributed by atoms with Crippen molar-refractivity contribution in [3.05, 3.63) is 48.2 Å². The monoisotopic (exact) mass is 313 g/mol. The van der Waals surface area contributed by atoms with Crippen LogP contribution >= 0.6 is 0 Å². The summed E-state index contributed by atoms with van der Waals surface area (Å²) in [5.74, 6) is 1.61. The zero-order valence-corrected chi connectivity index (χ0v) is 12.9. The Hall–Kier alpha value is -2.70. The zero-order chi connectivity index (χ0) is 16.1. The lowest BCUT2D eigenvalue weighted by atomic mass is 10.0. The second-order valence-electron chi connectivity index (χ2n) is 5.44. The van der Waals surface area contributed by atoms with E-state index in [1.807, 2.05) is 12.1 Å². The Morgan fingerprint density at radius 3 is 2.70 bits per heavy atom. The van der Waals surface area contributed by atoms with E-state index in [4.69, 9.17) is 4.74 Å². The number of nitrogens with one attached hydrogen (secondary N) is 2. The largest absolute Gasteiger partial charge is 0.481 e. The molecule has 23 heavy (non-hydrogen) atoms. The number of carbonyl (C=O) groups is 1. The van der Waals surface area contributed by atoms with Gasteiger partial charge in [-0.05, 0) is 30.4 Å². The fourth-order valence-electron chi connectivity index (χ4n) is 2.37. The van der Waals surface area contributed by atoms with Crippen molar-refractivity contribution in [2.24, 2.45) is 5.92 Å². The van der Waals surface area contributed by atoms with E-state index in [1.54, 1.807) is 31.8 Å². The maximum absolute atomic E-state index is 12.1. The maximum atomic E-state index is 12.1. The molecule has 2 amide bonds. The van der Waals surface area contributed by atoms with Gasteiger partial charge in [-0.2, -0.15) is 0 Å². The average molecular weight is 313 g/mol. The van der Waals surface area contributed by atoms with E-state index in [1.165, 1.54) is 0 Å². The molecule has 1 unspecified atom stereocenters. The summed E-state index contributed by atoms with van der Waals surface area (Å²) in [7, 11) is 1.58. The van der Waals surface area contributed by atoms with E-state index >= 15 is 0 Å². The van der Waals surface area contributed by atoms with Crippen LogP contribution < -0.4 is 15.4 Å². The molecule has 0 spiro atoms. The summed E-state index contributed by atoms with van der Waals surface area (Å²) in [6.45, 7) is 0.297. The van der Waals surface area contributed by atoms with E-state index in [0.717, 1.165) is 18.4 Å². The number of nitrogens with zero attached hydrogens (tertiary/aromatic N) is 3. The summed E-state index contributed by atoms with van der Waals surface area (Å²) in [6, 6.07) is 5.22. The summed E-state index contributed by atoms with van der Waals surface area (Å²) in [5, 5.41) is 5.80. The molecular weight excluding hydrogens is 294 g/mol. The second kappa shape index (κ2) is 7.04. The van der Waals surface area contributed by atoms with Crippen LogP contribution in [0.2, 0.25) is 0 Å². The number of urea groups is 1. The smallest absolute Gasteiger partial charge is 0.315 e. The van der Waals surface area contributed by atoms with Gasteiger partial charge < -0.3 is 15.4 Å².